The van der Waals surface area contributed by atoms with Crippen LogP contribution in [-0.2, 0) is 23.9 Å². The van der Waals surface area contributed by atoms with Crippen molar-refractivity contribution in [3.63, 3.8) is 0 Å². The maximum absolute atomic E-state index is 14.3. The molecule has 2 bridgehead atoms. The highest BCUT2D eigenvalue weighted by Crippen LogP contribution is 2.59. The lowest BCUT2D eigenvalue weighted by Gasteiger charge is -2.36. The van der Waals surface area contributed by atoms with Crippen molar-refractivity contribution in [3.05, 3.63) is 36.9 Å². The molecular formula is C28H38N2O7. The molecule has 3 aliphatic rings. The van der Waals surface area contributed by atoms with E-state index in [1.165, 1.54) is 0 Å². The van der Waals surface area contributed by atoms with E-state index in [0.717, 1.165) is 12.8 Å². The third-order valence-electron chi connectivity index (χ3n) is 7.86. The second kappa shape index (κ2) is 11.6. The number of anilines is 1. The van der Waals surface area contributed by atoms with Crippen LogP contribution in [0.2, 0.25) is 0 Å². The van der Waals surface area contributed by atoms with Gasteiger partial charge in [-0.2, -0.15) is 0 Å². The van der Waals surface area contributed by atoms with Crippen LogP contribution in [0.5, 0.6) is 5.75 Å². The molecule has 0 aliphatic carbocycles. The Morgan fingerprint density at radius 3 is 2.62 bits per heavy atom. The first-order valence-electron chi connectivity index (χ1n) is 13.3. The van der Waals surface area contributed by atoms with Gasteiger partial charge in [-0.3, -0.25) is 14.4 Å². The Hall–Kier alpha value is -2.91. The lowest BCUT2D eigenvalue weighted by molar-refractivity contribution is -0.154. The number of fused-ring (bicyclic) bond motifs is 1. The molecule has 0 aromatic heterocycles. The monoisotopic (exact) mass is 514 g/mol. The Labute approximate surface area is 218 Å². The zero-order valence-electron chi connectivity index (χ0n) is 21.8. The van der Waals surface area contributed by atoms with E-state index in [4.69, 9.17) is 19.3 Å². The van der Waals surface area contributed by atoms with E-state index < -0.39 is 35.6 Å². The number of unbranched alkanes of at least 4 members (excludes halogenated alkanes) is 3. The van der Waals surface area contributed by atoms with Gasteiger partial charge in [0, 0.05) is 25.4 Å². The van der Waals surface area contributed by atoms with Crippen LogP contribution in [0.25, 0.3) is 0 Å². The summed E-state index contributed by atoms with van der Waals surface area (Å²) in [6.45, 7) is 6.56. The number of benzene rings is 1. The van der Waals surface area contributed by atoms with Gasteiger partial charge in [0.2, 0.25) is 5.91 Å². The molecule has 1 N–H and O–H groups in total. The molecule has 2 amide bonds. The number of rotatable bonds is 13. The van der Waals surface area contributed by atoms with Gasteiger partial charge >= 0.3 is 5.97 Å². The summed E-state index contributed by atoms with van der Waals surface area (Å²) in [6.07, 6.45) is 5.41. The van der Waals surface area contributed by atoms with Crippen LogP contribution in [-0.4, -0.2) is 79.0 Å². The molecule has 4 rings (SSSR count). The van der Waals surface area contributed by atoms with Gasteiger partial charge < -0.3 is 29.1 Å². The van der Waals surface area contributed by atoms with E-state index in [9.17, 15) is 14.4 Å². The van der Waals surface area contributed by atoms with Crippen LogP contribution >= 0.6 is 0 Å². The van der Waals surface area contributed by atoms with Gasteiger partial charge in [-0.1, -0.05) is 18.9 Å². The molecule has 1 spiro atoms. The summed E-state index contributed by atoms with van der Waals surface area (Å²) in [6, 6.07) is 6.33. The quantitative estimate of drug-likeness (QED) is 0.245. The van der Waals surface area contributed by atoms with Crippen LogP contribution < -0.4 is 9.64 Å². The Kier molecular flexibility index (Phi) is 8.54. The topological polar surface area (TPSA) is 106 Å². The molecule has 3 fully saturated rings. The zero-order chi connectivity index (χ0) is 26.6. The normalized spacial score (nSPS) is 27.8. The highest BCUT2D eigenvalue weighted by molar-refractivity contribution is 6.04. The van der Waals surface area contributed by atoms with Gasteiger partial charge in [0.25, 0.3) is 5.91 Å². The maximum Gasteiger partial charge on any atom is 0.312 e. The largest absolute Gasteiger partial charge is 0.497 e. The predicted molar refractivity (Wildman–Crippen MR) is 137 cm³/mol. The molecule has 0 saturated carbocycles. The van der Waals surface area contributed by atoms with Gasteiger partial charge in [0.05, 0.1) is 31.7 Å². The number of hydrogen-bond donors (Lipinski definition) is 1. The van der Waals surface area contributed by atoms with E-state index in [1.54, 1.807) is 54.2 Å². The molecule has 9 heteroatoms. The third-order valence-corrected chi connectivity index (χ3v) is 7.86. The minimum atomic E-state index is -1.06. The number of methoxy groups -OCH3 is 1. The first kappa shape index (κ1) is 27.1. The average Bonchev–Trinajstić information content (AvgIpc) is 3.54. The molecule has 2 unspecified atom stereocenters. The van der Waals surface area contributed by atoms with Crippen LogP contribution in [0.3, 0.4) is 0 Å². The van der Waals surface area contributed by atoms with Crippen molar-refractivity contribution < 1.29 is 33.7 Å². The number of esters is 1. The molecule has 3 heterocycles. The second-order valence-electron chi connectivity index (χ2n) is 9.91. The van der Waals surface area contributed by atoms with Gasteiger partial charge in [-0.25, -0.2) is 0 Å². The molecule has 0 radical (unpaired) electrons. The van der Waals surface area contributed by atoms with Crippen LogP contribution in [0.4, 0.5) is 5.69 Å². The number of hydrogen-bond acceptors (Lipinski definition) is 7. The van der Waals surface area contributed by atoms with Crippen molar-refractivity contribution in [2.75, 3.05) is 38.3 Å². The number of aliphatic hydroxyl groups excluding tert-OH is 1. The molecule has 202 valence electrons. The number of carbonyl (C=O) groups is 3. The molecule has 3 saturated heterocycles. The summed E-state index contributed by atoms with van der Waals surface area (Å²) >= 11 is 0. The van der Waals surface area contributed by atoms with Gasteiger partial charge in [-0.05, 0) is 56.9 Å². The summed E-state index contributed by atoms with van der Waals surface area (Å²) in [5.41, 5.74) is -0.400. The molecule has 3 aliphatic heterocycles. The molecule has 5 atom stereocenters. The van der Waals surface area contributed by atoms with E-state index in [1.807, 2.05) is 0 Å². The highest BCUT2D eigenvalue weighted by Gasteiger charge is 2.75. The van der Waals surface area contributed by atoms with Crippen LogP contribution in [0.1, 0.15) is 45.4 Å². The fraction of sp³-hybridized carbons (Fsp3) is 0.607. The molecule has 1 aromatic carbocycles. The summed E-state index contributed by atoms with van der Waals surface area (Å²) in [5.74, 6) is -1.66. The number of likely N-dealkylation sites (tertiary alicyclic amines) is 1. The molecule has 1 aromatic rings. The first-order chi connectivity index (χ1) is 17.9. The number of ether oxygens (including phenoxy) is 3. The second-order valence-corrected chi connectivity index (χ2v) is 9.91. The fourth-order valence-corrected chi connectivity index (χ4v) is 6.29. The molecule has 9 nitrogen and oxygen atoms in total. The van der Waals surface area contributed by atoms with Crippen LogP contribution in [0, 0.1) is 11.8 Å². The third kappa shape index (κ3) is 4.86. The summed E-state index contributed by atoms with van der Waals surface area (Å²) in [5, 5.41) is 9.10. The van der Waals surface area contributed by atoms with Crippen molar-refractivity contribution in [2.24, 2.45) is 11.8 Å². The maximum atomic E-state index is 14.3. The number of nitrogens with zero attached hydrogens (tertiary/aromatic N) is 2. The van der Waals surface area contributed by atoms with Gasteiger partial charge in [-0.15, -0.1) is 6.58 Å². The Morgan fingerprint density at radius 2 is 1.97 bits per heavy atom. The first-order valence-corrected chi connectivity index (χ1v) is 13.3. The standard InChI is InChI=1S/C28H38N2O7/c1-4-16-29(19-10-12-20(35-3)13-11-19)26(33)24-28-15-14-21(37-28)22(27(34)36-5-2)23(28)25(32)30(24)17-8-6-7-9-18-31/h4,10-13,21-24,31H,1,5-9,14-18H2,2-3H3/t21-,22+,23-,24?,28?/m0/s1. The van der Waals surface area contributed by atoms with Crippen LogP contribution in [0.15, 0.2) is 36.9 Å². The van der Waals surface area contributed by atoms with E-state index in [-0.39, 0.29) is 31.6 Å². The van der Waals surface area contributed by atoms with E-state index in [0.29, 0.717) is 43.7 Å². The lowest BCUT2D eigenvalue weighted by atomic mass is 9.70. The summed E-state index contributed by atoms with van der Waals surface area (Å²) in [4.78, 5) is 44.4. The van der Waals surface area contributed by atoms with Crippen molar-refractivity contribution in [1.82, 2.24) is 4.90 Å². The smallest absolute Gasteiger partial charge is 0.312 e. The van der Waals surface area contributed by atoms with Crippen molar-refractivity contribution in [2.45, 2.75) is 63.2 Å². The molecule has 37 heavy (non-hydrogen) atoms. The Morgan fingerprint density at radius 1 is 1.24 bits per heavy atom. The summed E-state index contributed by atoms with van der Waals surface area (Å²) < 4.78 is 17.1. The van der Waals surface area contributed by atoms with E-state index >= 15 is 0 Å². The van der Waals surface area contributed by atoms with Crippen molar-refractivity contribution in [3.8, 4) is 5.75 Å². The number of amides is 2. The summed E-state index contributed by atoms with van der Waals surface area (Å²) in [7, 11) is 1.58. The average molecular weight is 515 g/mol. The zero-order valence-corrected chi connectivity index (χ0v) is 21.8. The number of aliphatic hydroxyl groups is 1. The van der Waals surface area contributed by atoms with Crippen molar-refractivity contribution >= 4 is 23.5 Å². The Bertz CT molecular complexity index is 997. The van der Waals surface area contributed by atoms with Crippen molar-refractivity contribution in [1.29, 1.82) is 0 Å². The minimum Gasteiger partial charge on any atom is -0.497 e. The SMILES string of the molecule is C=CCN(C(=O)C1N(CCCCCCO)C(=O)[C@@H]2[C@H](C(=O)OCC)[C@@H]3CCC12O3)c1ccc(OC)cc1. The number of carbonyl (C=O) groups excluding carboxylic acids is 3. The van der Waals surface area contributed by atoms with Gasteiger partial charge in [0.15, 0.2) is 0 Å². The molecular weight excluding hydrogens is 476 g/mol. The predicted octanol–water partition coefficient (Wildman–Crippen LogP) is 2.70. The lowest BCUT2D eigenvalue weighted by Crippen LogP contribution is -2.56. The van der Waals surface area contributed by atoms with E-state index in [2.05, 4.69) is 6.58 Å². The van der Waals surface area contributed by atoms with Gasteiger partial charge in [0.1, 0.15) is 17.4 Å². The highest BCUT2D eigenvalue weighted by atomic mass is 16.6. The minimum absolute atomic E-state index is 0.129. The fourth-order valence-electron chi connectivity index (χ4n) is 6.29. The Balaban J connectivity index is 1.69.